The highest BCUT2D eigenvalue weighted by molar-refractivity contribution is 5.97. The van der Waals surface area contributed by atoms with Crippen molar-refractivity contribution < 1.29 is 14.3 Å². The van der Waals surface area contributed by atoms with Crippen LogP contribution in [-0.4, -0.2) is 47.8 Å². The molecule has 4 aromatic rings. The number of para-hydroxylation sites is 2. The maximum absolute atomic E-state index is 12.7. The number of imidazole rings is 1. The molecule has 188 valence electrons. The smallest absolute Gasteiger partial charge is 0.231 e. The maximum atomic E-state index is 12.7. The molecule has 10 heteroatoms. The summed E-state index contributed by atoms with van der Waals surface area (Å²) in [7, 11) is 0. The molecule has 1 amide bonds. The van der Waals surface area contributed by atoms with Crippen LogP contribution in [0.25, 0.3) is 11.0 Å². The number of ether oxygens (including phenoxy) is 2. The van der Waals surface area contributed by atoms with Crippen LogP contribution in [0.3, 0.4) is 0 Å². The fraction of sp³-hybridized carbons (Fsp3) is 0.222. The lowest BCUT2D eigenvalue weighted by molar-refractivity contribution is -0.120. The number of nitrogen functional groups attached to an aromatic ring is 1. The number of anilines is 2. The Bertz CT molecular complexity index is 1470. The number of amides is 1. The van der Waals surface area contributed by atoms with Crippen molar-refractivity contribution in [2.75, 3.05) is 30.1 Å². The van der Waals surface area contributed by atoms with E-state index in [-0.39, 0.29) is 31.1 Å². The second-order valence-corrected chi connectivity index (χ2v) is 9.12. The summed E-state index contributed by atoms with van der Waals surface area (Å²) in [6.45, 7) is 1.22. The zero-order valence-electron chi connectivity index (χ0n) is 20.1. The van der Waals surface area contributed by atoms with Gasteiger partial charge in [-0.05, 0) is 48.0 Å². The third-order valence-electron chi connectivity index (χ3n) is 6.62. The Morgan fingerprint density at radius 3 is 2.86 bits per heavy atom. The van der Waals surface area contributed by atoms with Crippen molar-refractivity contribution in [3.63, 3.8) is 0 Å². The molecule has 0 fully saturated rings. The maximum Gasteiger partial charge on any atom is 0.231 e. The molecule has 6 N–H and O–H groups in total. The second kappa shape index (κ2) is 9.38. The van der Waals surface area contributed by atoms with Gasteiger partial charge < -0.3 is 35.7 Å². The molecule has 0 bridgehead atoms. The molecule has 0 saturated heterocycles. The molecule has 6 rings (SSSR count). The van der Waals surface area contributed by atoms with Crippen LogP contribution in [0.1, 0.15) is 17.0 Å². The zero-order chi connectivity index (χ0) is 25.4. The third kappa shape index (κ3) is 4.61. The largest absolute Gasteiger partial charge is 0.454 e. The number of rotatable bonds is 8. The summed E-state index contributed by atoms with van der Waals surface area (Å²) in [6.07, 6.45) is 0.801. The van der Waals surface area contributed by atoms with E-state index in [1.165, 1.54) is 0 Å². The molecule has 0 aliphatic carbocycles. The summed E-state index contributed by atoms with van der Waals surface area (Å²) in [5, 5.41) is 14.4. The number of fused-ring (bicyclic) bond motifs is 3. The minimum atomic E-state index is -0.0801. The summed E-state index contributed by atoms with van der Waals surface area (Å²) in [5.74, 6) is 2.18. The van der Waals surface area contributed by atoms with Gasteiger partial charge in [0.05, 0.1) is 28.8 Å². The lowest BCUT2D eigenvalue weighted by atomic mass is 10.1. The number of amidine groups is 1. The van der Waals surface area contributed by atoms with Gasteiger partial charge in [-0.2, -0.15) is 0 Å². The van der Waals surface area contributed by atoms with Crippen molar-refractivity contribution in [1.82, 2.24) is 15.3 Å². The molecule has 0 spiro atoms. The van der Waals surface area contributed by atoms with E-state index in [2.05, 4.69) is 20.5 Å². The molecule has 2 aliphatic heterocycles. The van der Waals surface area contributed by atoms with Crippen LogP contribution >= 0.6 is 0 Å². The average molecular weight is 498 g/mol. The molecule has 0 saturated carbocycles. The molecule has 1 aromatic heterocycles. The lowest BCUT2D eigenvalue weighted by Gasteiger charge is -2.26. The van der Waals surface area contributed by atoms with Crippen LogP contribution in [0.15, 0.2) is 60.7 Å². The summed E-state index contributed by atoms with van der Waals surface area (Å²) >= 11 is 0. The molecule has 2 aliphatic rings. The highest BCUT2D eigenvalue weighted by Crippen LogP contribution is 2.36. The van der Waals surface area contributed by atoms with Crippen molar-refractivity contribution in [3.05, 3.63) is 77.6 Å². The van der Waals surface area contributed by atoms with Gasteiger partial charge in [0.1, 0.15) is 17.8 Å². The number of aromatic amines is 1. The summed E-state index contributed by atoms with van der Waals surface area (Å²) in [6, 6.07) is 19.2. The molecule has 1 unspecified atom stereocenters. The Kier molecular flexibility index (Phi) is 5.76. The van der Waals surface area contributed by atoms with Crippen LogP contribution in [0.5, 0.6) is 11.5 Å². The number of carbonyl (C=O) groups excluding carboxylic acids is 1. The van der Waals surface area contributed by atoms with Gasteiger partial charge in [0.25, 0.3) is 0 Å². The van der Waals surface area contributed by atoms with Gasteiger partial charge in [0, 0.05) is 25.1 Å². The highest BCUT2D eigenvalue weighted by Gasteiger charge is 2.30. The first-order valence-electron chi connectivity index (χ1n) is 12.1. The van der Waals surface area contributed by atoms with E-state index >= 15 is 0 Å². The number of nitrogens with one attached hydrogen (secondary N) is 4. The quantitative estimate of drug-likeness (QED) is 0.186. The molecule has 3 aromatic carbocycles. The van der Waals surface area contributed by atoms with Crippen LogP contribution in [-0.2, 0) is 17.6 Å². The molecule has 1 atom stereocenters. The SMILES string of the molecule is N=C(N)c1ccc2c(c1)N(CCNC(=O)Cc1ccc3c(c1)OCO3)C(Cc1nc3ccccc3[nH]1)N2. The Labute approximate surface area is 213 Å². The van der Waals surface area contributed by atoms with E-state index in [9.17, 15) is 4.79 Å². The Hall–Kier alpha value is -4.73. The highest BCUT2D eigenvalue weighted by atomic mass is 16.7. The first-order valence-corrected chi connectivity index (χ1v) is 12.1. The van der Waals surface area contributed by atoms with Crippen LogP contribution in [0, 0.1) is 5.41 Å². The van der Waals surface area contributed by atoms with Gasteiger partial charge in [-0.3, -0.25) is 10.2 Å². The number of carbonyl (C=O) groups is 1. The first kappa shape index (κ1) is 22.7. The van der Waals surface area contributed by atoms with Gasteiger partial charge in [-0.1, -0.05) is 18.2 Å². The number of nitrogens with zero attached hydrogens (tertiary/aromatic N) is 2. The fourth-order valence-electron chi connectivity index (χ4n) is 4.82. The number of nitrogens with two attached hydrogens (primary N) is 1. The van der Waals surface area contributed by atoms with Gasteiger partial charge in [0.2, 0.25) is 12.7 Å². The monoisotopic (exact) mass is 497 g/mol. The molecule has 3 heterocycles. The first-order chi connectivity index (χ1) is 18.0. The normalized spacial score (nSPS) is 15.5. The van der Waals surface area contributed by atoms with Gasteiger partial charge in [-0.15, -0.1) is 0 Å². The van der Waals surface area contributed by atoms with Crippen molar-refractivity contribution in [2.24, 2.45) is 5.73 Å². The van der Waals surface area contributed by atoms with E-state index in [1.54, 1.807) is 0 Å². The number of H-pyrrole nitrogens is 1. The van der Waals surface area contributed by atoms with Gasteiger partial charge in [0.15, 0.2) is 11.5 Å². The Balaban J connectivity index is 1.15. The zero-order valence-corrected chi connectivity index (χ0v) is 20.1. The van der Waals surface area contributed by atoms with Crippen molar-refractivity contribution in [1.29, 1.82) is 5.41 Å². The fourth-order valence-corrected chi connectivity index (χ4v) is 4.82. The van der Waals surface area contributed by atoms with E-state index in [4.69, 9.17) is 25.6 Å². The summed E-state index contributed by atoms with van der Waals surface area (Å²) < 4.78 is 10.7. The van der Waals surface area contributed by atoms with Crippen molar-refractivity contribution in [2.45, 2.75) is 19.0 Å². The van der Waals surface area contributed by atoms with Crippen LogP contribution < -0.4 is 30.7 Å². The van der Waals surface area contributed by atoms with Crippen LogP contribution in [0.2, 0.25) is 0 Å². The molecular formula is C27H27N7O3. The van der Waals surface area contributed by atoms with Gasteiger partial charge in [-0.25, -0.2) is 4.98 Å². The molecule has 37 heavy (non-hydrogen) atoms. The number of aromatic nitrogens is 2. The minimum Gasteiger partial charge on any atom is -0.454 e. The Morgan fingerprint density at radius 2 is 2.00 bits per heavy atom. The van der Waals surface area contributed by atoms with E-state index < -0.39 is 0 Å². The standard InChI is InChI=1S/C27H27N7O3/c28-27(29)17-6-7-20-21(13-17)34(25(33-20)14-24-31-18-3-1-2-4-19(18)32-24)10-9-30-26(35)12-16-5-8-22-23(11-16)37-15-36-22/h1-8,11,13,25,33H,9-10,12,14-15H2,(H3,28,29)(H,30,35)(H,31,32). The minimum absolute atomic E-state index is 0.0144. The van der Waals surface area contributed by atoms with Crippen molar-refractivity contribution >= 4 is 34.2 Å². The number of hydrogen-bond acceptors (Lipinski definition) is 7. The molecular weight excluding hydrogens is 470 g/mol. The summed E-state index contributed by atoms with van der Waals surface area (Å²) in [4.78, 5) is 23.0. The number of hydrogen-bond donors (Lipinski definition) is 5. The predicted octanol–water partition coefficient (Wildman–Crippen LogP) is 2.74. The van der Waals surface area contributed by atoms with E-state index in [1.807, 2.05) is 60.7 Å². The Morgan fingerprint density at radius 1 is 1.14 bits per heavy atom. The molecule has 10 nitrogen and oxygen atoms in total. The van der Waals surface area contributed by atoms with E-state index in [0.29, 0.717) is 36.6 Å². The van der Waals surface area contributed by atoms with E-state index in [0.717, 1.165) is 33.8 Å². The van der Waals surface area contributed by atoms with Gasteiger partial charge >= 0.3 is 0 Å². The molecule has 0 radical (unpaired) electrons. The summed E-state index contributed by atoms with van der Waals surface area (Å²) in [5.41, 5.74) is 11.1. The predicted molar refractivity (Wildman–Crippen MR) is 141 cm³/mol. The number of benzene rings is 3. The second-order valence-electron chi connectivity index (χ2n) is 9.12. The lowest BCUT2D eigenvalue weighted by Crippen LogP contribution is -2.42. The van der Waals surface area contributed by atoms with Crippen LogP contribution in [0.4, 0.5) is 11.4 Å². The third-order valence-corrected chi connectivity index (χ3v) is 6.62. The van der Waals surface area contributed by atoms with Crippen molar-refractivity contribution in [3.8, 4) is 11.5 Å². The topological polar surface area (TPSA) is 141 Å². The average Bonchev–Trinajstić information content (AvgIpc) is 3.60.